The van der Waals surface area contributed by atoms with Gasteiger partial charge in [0.1, 0.15) is 6.04 Å². The van der Waals surface area contributed by atoms with Gasteiger partial charge in [-0.1, -0.05) is 30.3 Å². The van der Waals surface area contributed by atoms with Gasteiger partial charge < -0.3 is 10.2 Å². The molecule has 2 amide bonds. The van der Waals surface area contributed by atoms with E-state index in [1.165, 1.54) is 12.0 Å². The molecule has 0 spiro atoms. The summed E-state index contributed by atoms with van der Waals surface area (Å²) in [4.78, 5) is 26.1. The Morgan fingerprint density at radius 1 is 1.14 bits per heavy atom. The minimum Gasteiger partial charge on any atom is -0.345 e. The first-order chi connectivity index (χ1) is 10.7. The van der Waals surface area contributed by atoms with Gasteiger partial charge in [0.2, 0.25) is 11.8 Å². The van der Waals surface area contributed by atoms with Crippen molar-refractivity contribution in [2.75, 3.05) is 13.1 Å². The Morgan fingerprint density at radius 3 is 2.50 bits per heavy atom. The van der Waals surface area contributed by atoms with E-state index in [9.17, 15) is 9.59 Å². The second-order valence-electron chi connectivity index (χ2n) is 6.01. The van der Waals surface area contributed by atoms with Crippen molar-refractivity contribution < 1.29 is 9.59 Å². The number of aryl methyl sites for hydroxylation is 1. The molecule has 1 fully saturated rings. The van der Waals surface area contributed by atoms with Crippen molar-refractivity contribution >= 4 is 11.8 Å². The molecule has 0 saturated carbocycles. The standard InChI is InChI=1S/C18H26N2O2/c1-15(18(22)20-13-6-3-7-14-20)19-17(21)12-8-11-16-9-4-2-5-10-16/h2,4-5,9-10,15H,3,6-8,11-14H2,1H3,(H,19,21). The van der Waals surface area contributed by atoms with E-state index in [1.807, 2.05) is 23.1 Å². The number of rotatable bonds is 6. The Bertz CT molecular complexity index is 481. The smallest absolute Gasteiger partial charge is 0.244 e. The van der Waals surface area contributed by atoms with Crippen LogP contribution in [0.1, 0.15) is 44.6 Å². The van der Waals surface area contributed by atoms with Crippen LogP contribution < -0.4 is 5.32 Å². The van der Waals surface area contributed by atoms with Crippen molar-refractivity contribution in [1.82, 2.24) is 10.2 Å². The van der Waals surface area contributed by atoms with Gasteiger partial charge in [-0.05, 0) is 44.6 Å². The second kappa shape index (κ2) is 8.57. The molecule has 0 radical (unpaired) electrons. The molecule has 1 aliphatic heterocycles. The van der Waals surface area contributed by atoms with Crippen molar-refractivity contribution in [2.45, 2.75) is 51.5 Å². The van der Waals surface area contributed by atoms with Crippen LogP contribution in [0.3, 0.4) is 0 Å². The number of benzene rings is 1. The molecular weight excluding hydrogens is 276 g/mol. The normalized spacial score (nSPS) is 16.1. The first-order valence-electron chi connectivity index (χ1n) is 8.29. The highest BCUT2D eigenvalue weighted by Crippen LogP contribution is 2.10. The first-order valence-corrected chi connectivity index (χ1v) is 8.29. The van der Waals surface area contributed by atoms with Crippen molar-refractivity contribution in [3.8, 4) is 0 Å². The minimum atomic E-state index is -0.415. The number of carbonyl (C=O) groups excluding carboxylic acids is 2. The summed E-state index contributed by atoms with van der Waals surface area (Å²) in [6, 6.07) is 9.73. The van der Waals surface area contributed by atoms with E-state index in [1.54, 1.807) is 6.92 Å². The lowest BCUT2D eigenvalue weighted by molar-refractivity contribution is -0.136. The maximum atomic E-state index is 12.2. The van der Waals surface area contributed by atoms with Crippen LogP contribution in [-0.2, 0) is 16.0 Å². The van der Waals surface area contributed by atoms with E-state index in [0.717, 1.165) is 38.8 Å². The number of hydrogen-bond acceptors (Lipinski definition) is 2. The number of likely N-dealkylation sites (tertiary alicyclic amines) is 1. The molecule has 22 heavy (non-hydrogen) atoms. The van der Waals surface area contributed by atoms with E-state index in [2.05, 4.69) is 17.4 Å². The molecule has 0 bridgehead atoms. The molecule has 1 heterocycles. The highest BCUT2D eigenvalue weighted by molar-refractivity contribution is 5.87. The average molecular weight is 302 g/mol. The zero-order valence-corrected chi connectivity index (χ0v) is 13.4. The topological polar surface area (TPSA) is 49.4 Å². The van der Waals surface area contributed by atoms with Gasteiger partial charge in [0.15, 0.2) is 0 Å². The first kappa shape index (κ1) is 16.5. The molecule has 1 aromatic carbocycles. The van der Waals surface area contributed by atoms with Crippen LogP contribution in [0.2, 0.25) is 0 Å². The Kier molecular flexibility index (Phi) is 6.44. The summed E-state index contributed by atoms with van der Waals surface area (Å²) >= 11 is 0. The largest absolute Gasteiger partial charge is 0.345 e. The summed E-state index contributed by atoms with van der Waals surface area (Å²) in [7, 11) is 0. The van der Waals surface area contributed by atoms with Crippen LogP contribution in [0.5, 0.6) is 0 Å². The molecule has 120 valence electrons. The maximum absolute atomic E-state index is 12.2. The molecular formula is C18H26N2O2. The van der Waals surface area contributed by atoms with Gasteiger partial charge in [-0.3, -0.25) is 9.59 Å². The molecule has 2 rings (SSSR count). The Morgan fingerprint density at radius 2 is 1.82 bits per heavy atom. The van der Waals surface area contributed by atoms with Crippen molar-refractivity contribution in [1.29, 1.82) is 0 Å². The highest BCUT2D eigenvalue weighted by atomic mass is 16.2. The Balaban J connectivity index is 1.68. The van der Waals surface area contributed by atoms with E-state index in [0.29, 0.717) is 6.42 Å². The predicted octanol–water partition coefficient (Wildman–Crippen LogP) is 2.53. The summed E-state index contributed by atoms with van der Waals surface area (Å²) in [5.41, 5.74) is 1.24. The van der Waals surface area contributed by atoms with Crippen molar-refractivity contribution in [2.24, 2.45) is 0 Å². The molecule has 1 unspecified atom stereocenters. The second-order valence-corrected chi connectivity index (χ2v) is 6.01. The molecule has 1 saturated heterocycles. The molecule has 4 nitrogen and oxygen atoms in total. The van der Waals surface area contributed by atoms with Gasteiger partial charge in [-0.2, -0.15) is 0 Å². The van der Waals surface area contributed by atoms with Crippen LogP contribution in [0, 0.1) is 0 Å². The monoisotopic (exact) mass is 302 g/mol. The highest BCUT2D eigenvalue weighted by Gasteiger charge is 2.23. The zero-order valence-electron chi connectivity index (χ0n) is 13.4. The summed E-state index contributed by atoms with van der Waals surface area (Å²) < 4.78 is 0. The minimum absolute atomic E-state index is 0.0335. The van der Waals surface area contributed by atoms with Gasteiger partial charge in [0.25, 0.3) is 0 Å². The quantitative estimate of drug-likeness (QED) is 0.878. The summed E-state index contributed by atoms with van der Waals surface area (Å²) in [6.45, 7) is 3.44. The SMILES string of the molecule is CC(NC(=O)CCCc1ccccc1)C(=O)N1CCCCC1. The fourth-order valence-corrected chi connectivity index (χ4v) is 2.86. The van der Waals surface area contributed by atoms with Gasteiger partial charge >= 0.3 is 0 Å². The van der Waals surface area contributed by atoms with Gasteiger partial charge in [0.05, 0.1) is 0 Å². The van der Waals surface area contributed by atoms with E-state index < -0.39 is 6.04 Å². The van der Waals surface area contributed by atoms with E-state index in [4.69, 9.17) is 0 Å². The Labute approximate surface area is 132 Å². The van der Waals surface area contributed by atoms with Crippen molar-refractivity contribution in [3.05, 3.63) is 35.9 Å². The molecule has 0 aliphatic carbocycles. The summed E-state index contributed by atoms with van der Waals surface area (Å²) in [5, 5.41) is 2.83. The molecule has 1 N–H and O–H groups in total. The number of carbonyl (C=O) groups is 2. The average Bonchev–Trinajstić information content (AvgIpc) is 2.56. The molecule has 1 aliphatic rings. The van der Waals surface area contributed by atoms with Crippen LogP contribution in [0.4, 0.5) is 0 Å². The Hall–Kier alpha value is -1.84. The lowest BCUT2D eigenvalue weighted by atomic mass is 10.1. The van der Waals surface area contributed by atoms with E-state index >= 15 is 0 Å². The fraction of sp³-hybridized carbons (Fsp3) is 0.556. The van der Waals surface area contributed by atoms with Crippen LogP contribution in [-0.4, -0.2) is 35.8 Å². The van der Waals surface area contributed by atoms with Gasteiger partial charge in [-0.25, -0.2) is 0 Å². The summed E-state index contributed by atoms with van der Waals surface area (Å²) in [5.74, 6) is 0.0184. The van der Waals surface area contributed by atoms with Crippen LogP contribution in [0.15, 0.2) is 30.3 Å². The van der Waals surface area contributed by atoms with Gasteiger partial charge in [0, 0.05) is 19.5 Å². The molecule has 4 heteroatoms. The van der Waals surface area contributed by atoms with Gasteiger partial charge in [-0.15, -0.1) is 0 Å². The molecule has 0 aromatic heterocycles. The lowest BCUT2D eigenvalue weighted by Crippen LogP contribution is -2.48. The fourth-order valence-electron chi connectivity index (χ4n) is 2.86. The number of piperidine rings is 1. The number of hydrogen-bond donors (Lipinski definition) is 1. The molecule has 1 aromatic rings. The molecule has 1 atom stereocenters. The number of amides is 2. The van der Waals surface area contributed by atoms with Crippen molar-refractivity contribution in [3.63, 3.8) is 0 Å². The third-order valence-corrected chi connectivity index (χ3v) is 4.13. The zero-order chi connectivity index (χ0) is 15.8. The summed E-state index contributed by atoms with van der Waals surface area (Å²) in [6.07, 6.45) is 5.51. The third kappa shape index (κ3) is 5.17. The number of nitrogens with zero attached hydrogens (tertiary/aromatic N) is 1. The van der Waals surface area contributed by atoms with Crippen LogP contribution >= 0.6 is 0 Å². The number of nitrogens with one attached hydrogen (secondary N) is 1. The lowest BCUT2D eigenvalue weighted by Gasteiger charge is -2.29. The van der Waals surface area contributed by atoms with Crippen LogP contribution in [0.25, 0.3) is 0 Å². The van der Waals surface area contributed by atoms with E-state index in [-0.39, 0.29) is 11.8 Å². The predicted molar refractivity (Wildman–Crippen MR) is 87.4 cm³/mol. The third-order valence-electron chi connectivity index (χ3n) is 4.13. The maximum Gasteiger partial charge on any atom is 0.244 e.